The largest absolute Gasteiger partial charge is 0.573 e. The Morgan fingerprint density at radius 2 is 1.28 bits per heavy atom. The Kier molecular flexibility index (Phi) is 16.9. The van der Waals surface area contributed by atoms with E-state index in [9.17, 15) is 37.1 Å². The van der Waals surface area contributed by atoms with Crippen molar-refractivity contribution in [3.8, 4) is 39.9 Å². The molecule has 4 heterocycles. The Bertz CT molecular complexity index is 3800. The van der Waals surface area contributed by atoms with Gasteiger partial charge in [-0.25, -0.2) is 4.79 Å². The number of hydrogen-bond donors (Lipinski definition) is 3. The first-order chi connectivity index (χ1) is 42.3. The van der Waals surface area contributed by atoms with Gasteiger partial charge in [0.2, 0.25) is 11.8 Å². The fourth-order valence-electron chi connectivity index (χ4n) is 11.6. The molecule has 4 aliphatic heterocycles. The highest BCUT2D eigenvalue weighted by Gasteiger charge is 2.45. The molecule has 5 aliphatic rings. The van der Waals surface area contributed by atoms with Crippen molar-refractivity contribution < 1.29 is 65.6 Å². The minimum absolute atomic E-state index is 0.0880. The van der Waals surface area contributed by atoms with Crippen molar-refractivity contribution in [1.82, 2.24) is 20.4 Å². The van der Waals surface area contributed by atoms with Crippen LogP contribution >= 0.6 is 0 Å². The minimum Gasteiger partial charge on any atom is -0.493 e. The first-order valence-corrected chi connectivity index (χ1v) is 28.9. The molecule has 0 fully saturated rings. The van der Waals surface area contributed by atoms with E-state index >= 15 is 0 Å². The Morgan fingerprint density at radius 3 is 1.89 bits per heavy atom. The molecule has 0 radical (unpaired) electrons. The van der Waals surface area contributed by atoms with Crippen molar-refractivity contribution in [2.75, 3.05) is 39.4 Å². The Morgan fingerprint density at radius 1 is 0.693 bits per heavy atom. The molecule has 6 aromatic carbocycles. The molecule has 0 saturated heterocycles. The van der Waals surface area contributed by atoms with Crippen molar-refractivity contribution in [2.24, 2.45) is 15.9 Å². The number of anilines is 1. The van der Waals surface area contributed by atoms with Crippen molar-refractivity contribution >= 4 is 70.4 Å². The monoisotopic (exact) mass is 1200 g/mol. The first-order valence-electron chi connectivity index (χ1n) is 28.9. The number of fused-ring (bicyclic) bond motifs is 7. The average molecular weight is 1200 g/mol. The predicted molar refractivity (Wildman–Crippen MR) is 325 cm³/mol. The summed E-state index contributed by atoms with van der Waals surface area (Å²) in [5, 5.41) is 8.32. The SMILES string of the molecule is CC[C@]12C=Nc3cc(OCCCOc4cc5c(cc4OC)C(=O)N4C=C(c6ccc(OC(F)(F)F)cc6)C[C@H]4C=N5)c(OC)cc3C(=O)N1C=C(c1ccc(NC(=O)[C@H](C)NC(=O)[C@@H](NC(=O)OCC3c4ccccc4-c4ccccc43)C(C)C)cc1)C2. The zero-order chi connectivity index (χ0) is 62.0. The highest BCUT2D eigenvalue weighted by atomic mass is 19.4. The molecule has 4 atom stereocenters. The van der Waals surface area contributed by atoms with E-state index < -0.39 is 47.9 Å². The van der Waals surface area contributed by atoms with Gasteiger partial charge < -0.3 is 54.2 Å². The number of hydrogen-bond acceptors (Lipinski definition) is 13. The lowest BCUT2D eigenvalue weighted by Gasteiger charge is -2.32. The van der Waals surface area contributed by atoms with Crippen LogP contribution < -0.4 is 39.6 Å². The van der Waals surface area contributed by atoms with Gasteiger partial charge in [-0.05, 0) is 100 Å². The fraction of sp³-hybridized carbons (Fsp3) is 0.299. The number of carbonyl (C=O) groups excluding carboxylic acids is 5. The maximum atomic E-state index is 14.5. The fourth-order valence-corrected chi connectivity index (χ4v) is 11.6. The molecule has 0 aromatic heterocycles. The Balaban J connectivity index is 0.670. The second-order valence-electron chi connectivity index (χ2n) is 22.3. The van der Waals surface area contributed by atoms with Gasteiger partial charge in [0.05, 0.1) is 61.5 Å². The summed E-state index contributed by atoms with van der Waals surface area (Å²) in [4.78, 5) is 81.3. The van der Waals surface area contributed by atoms with Gasteiger partial charge in [-0.15, -0.1) is 13.2 Å². The number of amides is 5. The number of nitrogens with one attached hydrogen (secondary N) is 3. The molecule has 454 valence electrons. The Labute approximate surface area is 506 Å². The van der Waals surface area contributed by atoms with Gasteiger partial charge in [0.1, 0.15) is 24.4 Å². The summed E-state index contributed by atoms with van der Waals surface area (Å²) >= 11 is 0. The number of methoxy groups -OCH3 is 2. The van der Waals surface area contributed by atoms with Gasteiger partial charge in [-0.3, -0.25) is 29.2 Å². The van der Waals surface area contributed by atoms with Crippen molar-refractivity contribution in [2.45, 2.75) is 89.3 Å². The lowest BCUT2D eigenvalue weighted by molar-refractivity contribution is -0.274. The summed E-state index contributed by atoms with van der Waals surface area (Å²) in [5.41, 5.74) is 8.56. The van der Waals surface area contributed by atoms with E-state index in [-0.39, 0.29) is 54.8 Å². The van der Waals surface area contributed by atoms with Crippen LogP contribution in [0.4, 0.5) is 35.0 Å². The summed E-state index contributed by atoms with van der Waals surface area (Å²) in [6.45, 7) is 7.63. The molecule has 0 bridgehead atoms. The summed E-state index contributed by atoms with van der Waals surface area (Å²) in [5.74, 6) is -1.03. The normalized spacial score (nSPS) is 17.8. The molecule has 88 heavy (non-hydrogen) atoms. The first kappa shape index (κ1) is 59.8. The van der Waals surface area contributed by atoms with Crippen LogP contribution in [0.1, 0.15) is 102 Å². The maximum Gasteiger partial charge on any atom is 0.573 e. The van der Waals surface area contributed by atoms with Gasteiger partial charge in [0, 0.05) is 67.8 Å². The van der Waals surface area contributed by atoms with E-state index in [0.717, 1.165) is 39.0 Å². The van der Waals surface area contributed by atoms with Crippen LogP contribution in [0, 0.1) is 5.92 Å². The molecule has 0 spiro atoms. The van der Waals surface area contributed by atoms with Crippen LogP contribution in [0.15, 0.2) is 144 Å². The summed E-state index contributed by atoms with van der Waals surface area (Å²) in [6, 6.07) is 32.9. The number of halogens is 3. The average Bonchev–Trinajstić information content (AvgIpc) is 2.04. The lowest BCUT2D eigenvalue weighted by Crippen LogP contribution is -2.53. The summed E-state index contributed by atoms with van der Waals surface area (Å²) in [7, 11) is 2.95. The van der Waals surface area contributed by atoms with E-state index in [1.165, 1.54) is 38.5 Å². The molecule has 6 aromatic rings. The number of alkyl carbamates (subject to hydrolysis) is 1. The van der Waals surface area contributed by atoms with Gasteiger partial charge in [0.15, 0.2) is 23.0 Å². The summed E-state index contributed by atoms with van der Waals surface area (Å²) < 4.78 is 71.6. The second-order valence-corrected chi connectivity index (χ2v) is 22.3. The molecule has 1 aliphatic carbocycles. The minimum atomic E-state index is -4.81. The third-order valence-electron chi connectivity index (χ3n) is 16.4. The van der Waals surface area contributed by atoms with Crippen LogP contribution in [0.5, 0.6) is 28.7 Å². The molecule has 0 unspecified atom stereocenters. The zero-order valence-electron chi connectivity index (χ0n) is 49.1. The van der Waals surface area contributed by atoms with Gasteiger partial charge in [-0.1, -0.05) is 93.6 Å². The third-order valence-corrected chi connectivity index (χ3v) is 16.4. The van der Waals surface area contributed by atoms with Crippen LogP contribution in [0.25, 0.3) is 22.3 Å². The van der Waals surface area contributed by atoms with Gasteiger partial charge in [-0.2, -0.15) is 0 Å². The van der Waals surface area contributed by atoms with E-state index in [1.54, 1.807) is 85.6 Å². The van der Waals surface area contributed by atoms with E-state index in [2.05, 4.69) is 37.8 Å². The molecule has 3 N–H and O–H groups in total. The number of benzene rings is 6. The molecule has 18 nitrogen and oxygen atoms in total. The predicted octanol–water partition coefficient (Wildman–Crippen LogP) is 12.2. The molecule has 0 saturated carbocycles. The highest BCUT2D eigenvalue weighted by molar-refractivity contribution is 6.07. The topological polar surface area (TPSA) is 208 Å². The van der Waals surface area contributed by atoms with Crippen LogP contribution in [0.3, 0.4) is 0 Å². The quantitative estimate of drug-likeness (QED) is 0.0613. The van der Waals surface area contributed by atoms with E-state index in [0.29, 0.717) is 76.9 Å². The standard InChI is InChI=1S/C67H64F3N7O11/c1-7-66-32-43(41-17-21-44(22-18-41)74-61(78)39(4)73-62(79)60(38(2)3)75-65(82)87-36-53-49-15-10-8-13-47(49)48-14-9-11-16-50(48)53)35-77(66)64(81)52-29-57(84-6)59(31-55(52)72-37-66)86-26-12-25-85-58-30-54-51(28-56(58)83-5)63(80)76-34-42(27-45(76)33-71-54)40-19-23-46(24-20-40)88-67(68,69)70/h8-11,13-24,28-31,33-35,37-39,45,53,60H,7,12,25-27,32,36H2,1-6H3,(H,73,79)(H,74,78)(H,75,82)/t39-,45-,60-,66-/m0/s1. The molecule has 21 heteroatoms. The number of alkyl halides is 3. The van der Waals surface area contributed by atoms with Crippen LogP contribution in [-0.2, 0) is 14.3 Å². The van der Waals surface area contributed by atoms with Crippen molar-refractivity contribution in [1.29, 1.82) is 0 Å². The van der Waals surface area contributed by atoms with Crippen molar-refractivity contribution in [3.05, 3.63) is 167 Å². The third kappa shape index (κ3) is 12.3. The number of rotatable bonds is 20. The lowest BCUT2D eigenvalue weighted by atomic mass is 9.89. The van der Waals surface area contributed by atoms with Crippen LogP contribution in [-0.4, -0.2) is 116 Å². The van der Waals surface area contributed by atoms with Crippen molar-refractivity contribution in [3.63, 3.8) is 0 Å². The number of nitrogens with zero attached hydrogens (tertiary/aromatic N) is 4. The van der Waals surface area contributed by atoms with Gasteiger partial charge >= 0.3 is 12.5 Å². The maximum absolute atomic E-state index is 14.5. The molecular weight excluding hydrogens is 1140 g/mol. The molecule has 11 rings (SSSR count). The molecular formula is C67H64F3N7O11. The number of ether oxygens (including phenoxy) is 6. The van der Waals surface area contributed by atoms with Crippen LogP contribution in [0.2, 0.25) is 0 Å². The second kappa shape index (κ2) is 24.8. The summed E-state index contributed by atoms with van der Waals surface area (Å²) in [6.07, 6.45) is 3.25. The van der Waals surface area contributed by atoms with E-state index in [4.69, 9.17) is 28.7 Å². The van der Waals surface area contributed by atoms with Gasteiger partial charge in [0.25, 0.3) is 11.8 Å². The zero-order valence-corrected chi connectivity index (χ0v) is 49.1. The van der Waals surface area contributed by atoms with E-state index in [1.807, 2.05) is 61.7 Å². The molecule has 5 amide bonds. The smallest absolute Gasteiger partial charge is 0.493 e. The highest BCUT2D eigenvalue weighted by Crippen LogP contribution is 2.47. The number of aliphatic imine (C=N–C) groups is 2. The Hall–Kier alpha value is -9.92. The number of carbonyl (C=O) groups is 5.